The molecule has 1 aromatic carbocycles. The highest BCUT2D eigenvalue weighted by Crippen LogP contribution is 2.22. The number of likely N-dealkylation sites (N-methyl/N-ethyl adjacent to an activating group) is 1. The van der Waals surface area contributed by atoms with Gasteiger partial charge in [-0.15, -0.1) is 0 Å². The summed E-state index contributed by atoms with van der Waals surface area (Å²) in [5, 5.41) is 3.05. The maximum Gasteiger partial charge on any atom is 0.242 e. The Morgan fingerprint density at radius 3 is 2.56 bits per heavy atom. The highest BCUT2D eigenvalue weighted by Gasteiger charge is 2.35. The van der Waals surface area contributed by atoms with Gasteiger partial charge in [0.25, 0.3) is 0 Å². The molecular formula is C21H32N4O2. The number of nitrogens with one attached hydrogen (secondary N) is 1. The third-order valence-electron chi connectivity index (χ3n) is 5.65. The number of carbonyl (C=O) groups is 2. The monoisotopic (exact) mass is 372 g/mol. The summed E-state index contributed by atoms with van der Waals surface area (Å²) in [4.78, 5) is 31.4. The summed E-state index contributed by atoms with van der Waals surface area (Å²) in [7, 11) is 2.16. The molecule has 1 N–H and O–H groups in total. The smallest absolute Gasteiger partial charge is 0.242 e. The summed E-state index contributed by atoms with van der Waals surface area (Å²) in [6, 6.07) is 7.83. The Labute approximate surface area is 162 Å². The molecule has 2 aliphatic rings. The number of aryl methyl sites for hydroxylation is 1. The molecule has 0 spiro atoms. The van der Waals surface area contributed by atoms with E-state index in [1.165, 1.54) is 5.56 Å². The topological polar surface area (TPSA) is 55.9 Å². The Morgan fingerprint density at radius 2 is 1.85 bits per heavy atom. The number of hydrogen-bond acceptors (Lipinski definition) is 4. The molecular weight excluding hydrogens is 340 g/mol. The van der Waals surface area contributed by atoms with Crippen molar-refractivity contribution in [2.24, 2.45) is 0 Å². The summed E-state index contributed by atoms with van der Waals surface area (Å²) >= 11 is 0. The second kappa shape index (κ2) is 9.33. The van der Waals surface area contributed by atoms with E-state index in [-0.39, 0.29) is 17.9 Å². The van der Waals surface area contributed by atoms with Crippen LogP contribution in [-0.2, 0) is 16.1 Å². The normalized spacial score (nSPS) is 21.6. The van der Waals surface area contributed by atoms with E-state index in [2.05, 4.69) is 22.2 Å². The van der Waals surface area contributed by atoms with Crippen molar-refractivity contribution >= 4 is 11.8 Å². The van der Waals surface area contributed by atoms with E-state index in [0.717, 1.165) is 44.7 Å². The Balaban J connectivity index is 1.43. The predicted molar refractivity (Wildman–Crippen MR) is 106 cm³/mol. The number of carbonyl (C=O) groups excluding carboxylic acids is 2. The van der Waals surface area contributed by atoms with Crippen molar-refractivity contribution in [1.29, 1.82) is 0 Å². The lowest BCUT2D eigenvalue weighted by atomic mass is 10.1. The fraction of sp³-hybridized carbons (Fsp3) is 0.619. The molecule has 6 heteroatoms. The maximum atomic E-state index is 12.6. The zero-order valence-corrected chi connectivity index (χ0v) is 16.6. The van der Waals surface area contributed by atoms with Crippen molar-refractivity contribution in [3.8, 4) is 0 Å². The summed E-state index contributed by atoms with van der Waals surface area (Å²) in [5.41, 5.74) is 2.27. The average Bonchev–Trinajstić information content (AvgIpc) is 3.02. The van der Waals surface area contributed by atoms with Gasteiger partial charge in [-0.1, -0.05) is 29.8 Å². The zero-order chi connectivity index (χ0) is 19.2. The molecule has 0 bridgehead atoms. The molecule has 148 valence electrons. The van der Waals surface area contributed by atoms with Gasteiger partial charge in [-0.25, -0.2) is 0 Å². The van der Waals surface area contributed by atoms with Gasteiger partial charge in [0.2, 0.25) is 11.8 Å². The van der Waals surface area contributed by atoms with E-state index in [9.17, 15) is 9.59 Å². The van der Waals surface area contributed by atoms with Crippen LogP contribution < -0.4 is 5.32 Å². The molecule has 0 radical (unpaired) electrons. The number of benzene rings is 1. The molecule has 1 aromatic rings. The van der Waals surface area contributed by atoms with Crippen molar-refractivity contribution in [2.45, 2.75) is 38.8 Å². The maximum absolute atomic E-state index is 12.6. The first kappa shape index (κ1) is 19.8. The Hall–Kier alpha value is -1.92. The van der Waals surface area contributed by atoms with Gasteiger partial charge < -0.3 is 20.0 Å². The van der Waals surface area contributed by atoms with E-state index in [1.807, 2.05) is 31.2 Å². The molecule has 0 aliphatic carbocycles. The van der Waals surface area contributed by atoms with E-state index >= 15 is 0 Å². The minimum atomic E-state index is -0.331. The van der Waals surface area contributed by atoms with Crippen molar-refractivity contribution < 1.29 is 9.59 Å². The summed E-state index contributed by atoms with van der Waals surface area (Å²) in [6.45, 7) is 8.69. The first-order valence-electron chi connectivity index (χ1n) is 10.1. The lowest BCUT2D eigenvalue weighted by Gasteiger charge is -2.32. The van der Waals surface area contributed by atoms with Gasteiger partial charge in [0.15, 0.2) is 0 Å². The predicted octanol–water partition coefficient (Wildman–Crippen LogP) is 1.24. The van der Waals surface area contributed by atoms with E-state index in [1.54, 1.807) is 4.90 Å². The van der Waals surface area contributed by atoms with Crippen molar-refractivity contribution in [3.63, 3.8) is 0 Å². The molecule has 0 saturated carbocycles. The molecule has 3 rings (SSSR count). The molecule has 6 nitrogen and oxygen atoms in total. The number of hydrogen-bond donors (Lipinski definition) is 1. The Bertz CT molecular complexity index is 638. The number of likely N-dealkylation sites (tertiary alicyclic amines) is 1. The lowest BCUT2D eigenvalue weighted by molar-refractivity contribution is -0.135. The minimum absolute atomic E-state index is 0.00802. The highest BCUT2D eigenvalue weighted by atomic mass is 16.2. The fourth-order valence-electron chi connectivity index (χ4n) is 3.80. The first-order valence-corrected chi connectivity index (χ1v) is 10.1. The van der Waals surface area contributed by atoms with Crippen LogP contribution in [0, 0.1) is 6.92 Å². The van der Waals surface area contributed by atoms with Crippen LogP contribution in [0.25, 0.3) is 0 Å². The third kappa shape index (κ3) is 5.53. The van der Waals surface area contributed by atoms with Crippen LogP contribution in [0.5, 0.6) is 0 Å². The summed E-state index contributed by atoms with van der Waals surface area (Å²) in [6.07, 6.45) is 2.04. The van der Waals surface area contributed by atoms with Crippen LogP contribution in [0.1, 0.15) is 30.4 Å². The standard InChI is InChI=1S/C21H32N4O2/c1-17-4-6-18(7-5-17)16-25-19(8-9-20(25)26)21(27)22-10-3-11-24-14-12-23(2)13-15-24/h4-7,19H,3,8-16H2,1-2H3,(H,22,27). The number of amides is 2. The number of nitrogens with zero attached hydrogens (tertiary/aromatic N) is 3. The first-order chi connectivity index (χ1) is 13.0. The fourth-order valence-corrected chi connectivity index (χ4v) is 3.80. The SMILES string of the molecule is Cc1ccc(CN2C(=O)CCC2C(=O)NCCCN2CCN(C)CC2)cc1. The minimum Gasteiger partial charge on any atom is -0.354 e. The van der Waals surface area contributed by atoms with Crippen LogP contribution in [0.3, 0.4) is 0 Å². The van der Waals surface area contributed by atoms with Gasteiger partial charge in [-0.3, -0.25) is 9.59 Å². The number of piperazine rings is 1. The molecule has 2 aliphatic heterocycles. The van der Waals surface area contributed by atoms with Gasteiger partial charge in [-0.05, 0) is 38.9 Å². The van der Waals surface area contributed by atoms with E-state index < -0.39 is 0 Å². The average molecular weight is 373 g/mol. The molecule has 1 atom stereocenters. The zero-order valence-electron chi connectivity index (χ0n) is 16.6. The molecule has 1 unspecified atom stereocenters. The van der Waals surface area contributed by atoms with E-state index in [4.69, 9.17) is 0 Å². The molecule has 0 aromatic heterocycles. The van der Waals surface area contributed by atoms with Crippen LogP contribution in [0.2, 0.25) is 0 Å². The molecule has 2 amide bonds. The molecule has 2 fully saturated rings. The van der Waals surface area contributed by atoms with Crippen LogP contribution in [-0.4, -0.2) is 78.9 Å². The van der Waals surface area contributed by atoms with Gasteiger partial charge in [0.05, 0.1) is 0 Å². The second-order valence-corrected chi connectivity index (χ2v) is 7.85. The van der Waals surface area contributed by atoms with Gasteiger partial charge >= 0.3 is 0 Å². The lowest BCUT2D eigenvalue weighted by Crippen LogP contribution is -2.46. The van der Waals surface area contributed by atoms with Gasteiger partial charge in [0.1, 0.15) is 6.04 Å². The molecule has 27 heavy (non-hydrogen) atoms. The van der Waals surface area contributed by atoms with Gasteiger partial charge in [0, 0.05) is 45.7 Å². The second-order valence-electron chi connectivity index (χ2n) is 7.85. The van der Waals surface area contributed by atoms with E-state index in [0.29, 0.717) is 25.9 Å². The van der Waals surface area contributed by atoms with Crippen LogP contribution in [0.4, 0.5) is 0 Å². The van der Waals surface area contributed by atoms with Crippen molar-refractivity contribution in [3.05, 3.63) is 35.4 Å². The van der Waals surface area contributed by atoms with Crippen molar-refractivity contribution in [2.75, 3.05) is 46.3 Å². The quantitative estimate of drug-likeness (QED) is 0.732. The Kier molecular flexibility index (Phi) is 6.85. The van der Waals surface area contributed by atoms with Crippen LogP contribution in [0.15, 0.2) is 24.3 Å². The number of rotatable bonds is 7. The summed E-state index contributed by atoms with van der Waals surface area (Å²) < 4.78 is 0. The Morgan fingerprint density at radius 1 is 1.15 bits per heavy atom. The largest absolute Gasteiger partial charge is 0.354 e. The molecule has 2 heterocycles. The van der Waals surface area contributed by atoms with Crippen molar-refractivity contribution in [1.82, 2.24) is 20.0 Å². The third-order valence-corrected chi connectivity index (χ3v) is 5.65. The summed E-state index contributed by atoms with van der Waals surface area (Å²) in [5.74, 6) is 0.0690. The van der Waals surface area contributed by atoms with Crippen LogP contribution >= 0.6 is 0 Å². The highest BCUT2D eigenvalue weighted by molar-refractivity contribution is 5.90. The molecule has 2 saturated heterocycles. The van der Waals surface area contributed by atoms with Gasteiger partial charge in [-0.2, -0.15) is 0 Å².